The average Bonchev–Trinajstić information content (AvgIpc) is 2.98. The van der Waals surface area contributed by atoms with E-state index in [1.165, 1.54) is 28.6 Å². The van der Waals surface area contributed by atoms with Crippen molar-refractivity contribution in [2.24, 2.45) is 5.92 Å². The number of rotatable bonds is 4. The summed E-state index contributed by atoms with van der Waals surface area (Å²) in [6.45, 7) is 4.30. The van der Waals surface area contributed by atoms with Crippen LogP contribution in [0.2, 0.25) is 0 Å². The van der Waals surface area contributed by atoms with Crippen molar-refractivity contribution >= 4 is 51.0 Å². The number of thioether (sulfide) groups is 1. The number of nitrogen functional groups attached to an aromatic ring is 2. The molecule has 0 spiro atoms. The summed E-state index contributed by atoms with van der Waals surface area (Å²) in [4.78, 5) is 26.5. The Labute approximate surface area is 172 Å². The predicted molar refractivity (Wildman–Crippen MR) is 116 cm³/mol. The average molecular weight is 417 g/mol. The molecule has 0 saturated carbocycles. The van der Waals surface area contributed by atoms with Crippen LogP contribution in [0.4, 0.5) is 17.7 Å². The van der Waals surface area contributed by atoms with E-state index in [2.05, 4.69) is 26.9 Å². The lowest BCUT2D eigenvalue weighted by Gasteiger charge is -2.17. The van der Waals surface area contributed by atoms with Crippen LogP contribution in [0.1, 0.15) is 41.8 Å². The van der Waals surface area contributed by atoms with Crippen LogP contribution in [0.25, 0.3) is 10.2 Å². The number of aromatic nitrogens is 5. The molecule has 4 rings (SSSR count). The fourth-order valence-electron chi connectivity index (χ4n) is 3.39. The molecule has 28 heavy (non-hydrogen) atoms. The highest BCUT2D eigenvalue weighted by molar-refractivity contribution is 7.99. The second-order valence-electron chi connectivity index (χ2n) is 7.43. The van der Waals surface area contributed by atoms with Crippen molar-refractivity contribution < 1.29 is 0 Å². The van der Waals surface area contributed by atoms with E-state index in [4.69, 9.17) is 16.5 Å². The number of aryl methyl sites for hydroxylation is 1. The van der Waals surface area contributed by atoms with Gasteiger partial charge in [0.25, 0.3) is 0 Å². The van der Waals surface area contributed by atoms with Crippen LogP contribution in [0.3, 0.4) is 0 Å². The lowest BCUT2D eigenvalue weighted by molar-refractivity contribution is 0.509. The number of fused-ring (bicyclic) bond motifs is 3. The van der Waals surface area contributed by atoms with E-state index in [1.807, 2.05) is 21.0 Å². The summed E-state index contributed by atoms with van der Waals surface area (Å²) in [5.41, 5.74) is 13.5. The number of hydrogen-bond donors (Lipinski definition) is 2. The van der Waals surface area contributed by atoms with E-state index in [0.29, 0.717) is 28.7 Å². The summed E-state index contributed by atoms with van der Waals surface area (Å²) >= 11 is 3.23. The number of hydrogen-bond acceptors (Lipinski definition) is 10. The maximum atomic E-state index is 6.34. The highest BCUT2D eigenvalue weighted by Crippen LogP contribution is 2.41. The molecule has 2 unspecified atom stereocenters. The Bertz CT molecular complexity index is 1030. The van der Waals surface area contributed by atoms with Crippen LogP contribution >= 0.6 is 23.1 Å². The quantitative estimate of drug-likeness (QED) is 0.488. The summed E-state index contributed by atoms with van der Waals surface area (Å²) in [6, 6.07) is 0. The SMILES string of the molecule is CC1CCc2c(sc3nc(SC(C)c4nc(N)nc(N(C)C)n4)nc(N)c23)C1. The molecular weight excluding hydrogens is 392 g/mol. The Balaban J connectivity index is 1.65. The van der Waals surface area contributed by atoms with Gasteiger partial charge in [-0.1, -0.05) is 18.7 Å². The summed E-state index contributed by atoms with van der Waals surface area (Å²) in [5.74, 6) is 2.62. The van der Waals surface area contributed by atoms with Crippen LogP contribution in [0.5, 0.6) is 0 Å². The number of anilines is 3. The normalized spacial score (nSPS) is 17.5. The zero-order valence-electron chi connectivity index (χ0n) is 16.4. The molecule has 0 aromatic carbocycles. The molecular formula is C18H24N8S2. The summed E-state index contributed by atoms with van der Waals surface area (Å²) in [5, 5.41) is 1.59. The molecule has 0 saturated heterocycles. The number of thiophene rings is 1. The highest BCUT2D eigenvalue weighted by Gasteiger charge is 2.24. The second kappa shape index (κ2) is 7.32. The molecule has 0 aliphatic heterocycles. The Morgan fingerprint density at radius 1 is 1.14 bits per heavy atom. The maximum Gasteiger partial charge on any atom is 0.229 e. The summed E-state index contributed by atoms with van der Waals surface area (Å²) in [7, 11) is 3.74. The van der Waals surface area contributed by atoms with Crippen molar-refractivity contribution in [2.75, 3.05) is 30.5 Å². The maximum absolute atomic E-state index is 6.34. The number of nitrogens with zero attached hydrogens (tertiary/aromatic N) is 6. The van der Waals surface area contributed by atoms with Crippen LogP contribution in [0, 0.1) is 5.92 Å². The minimum absolute atomic E-state index is 0.0875. The molecule has 10 heteroatoms. The van der Waals surface area contributed by atoms with Crippen molar-refractivity contribution in [1.82, 2.24) is 24.9 Å². The molecule has 8 nitrogen and oxygen atoms in total. The number of nitrogens with two attached hydrogens (primary N) is 2. The molecule has 148 valence electrons. The fraction of sp³-hybridized carbons (Fsp3) is 0.500. The smallest absolute Gasteiger partial charge is 0.229 e. The third-order valence-electron chi connectivity index (χ3n) is 4.87. The fourth-order valence-corrected chi connectivity index (χ4v) is 5.66. The Kier molecular flexibility index (Phi) is 5.00. The van der Waals surface area contributed by atoms with E-state index in [-0.39, 0.29) is 11.2 Å². The van der Waals surface area contributed by atoms with Gasteiger partial charge in [0, 0.05) is 19.0 Å². The van der Waals surface area contributed by atoms with Crippen molar-refractivity contribution in [1.29, 1.82) is 0 Å². The molecule has 0 amide bonds. The largest absolute Gasteiger partial charge is 0.383 e. The van der Waals surface area contributed by atoms with Crippen LogP contribution in [-0.2, 0) is 12.8 Å². The van der Waals surface area contributed by atoms with Crippen molar-refractivity contribution in [3.05, 3.63) is 16.3 Å². The van der Waals surface area contributed by atoms with Gasteiger partial charge >= 0.3 is 0 Å². The van der Waals surface area contributed by atoms with Gasteiger partial charge in [-0.05, 0) is 37.7 Å². The van der Waals surface area contributed by atoms with Crippen molar-refractivity contribution in [3.8, 4) is 0 Å². The van der Waals surface area contributed by atoms with E-state index >= 15 is 0 Å². The molecule has 0 bridgehead atoms. The van der Waals surface area contributed by atoms with Gasteiger partial charge in [0.2, 0.25) is 11.9 Å². The van der Waals surface area contributed by atoms with Gasteiger partial charge in [-0.15, -0.1) is 11.3 Å². The third-order valence-corrected chi connectivity index (χ3v) is 6.97. The van der Waals surface area contributed by atoms with Crippen molar-refractivity contribution in [2.45, 2.75) is 43.5 Å². The van der Waals surface area contributed by atoms with E-state index in [9.17, 15) is 0 Å². The minimum atomic E-state index is -0.0875. The first-order valence-corrected chi connectivity index (χ1v) is 10.9. The first-order chi connectivity index (χ1) is 13.3. The zero-order valence-corrected chi connectivity index (χ0v) is 18.1. The third kappa shape index (κ3) is 3.58. The lowest BCUT2D eigenvalue weighted by Crippen LogP contribution is -2.16. The Hall–Kier alpha value is -2.20. The van der Waals surface area contributed by atoms with E-state index in [1.54, 1.807) is 16.2 Å². The molecule has 3 aromatic heterocycles. The highest BCUT2D eigenvalue weighted by atomic mass is 32.2. The molecule has 1 aliphatic carbocycles. The van der Waals surface area contributed by atoms with Gasteiger partial charge in [-0.2, -0.15) is 15.0 Å². The van der Waals surface area contributed by atoms with Crippen molar-refractivity contribution in [3.63, 3.8) is 0 Å². The molecule has 2 atom stereocenters. The van der Waals surface area contributed by atoms with Gasteiger partial charge in [-0.25, -0.2) is 9.97 Å². The zero-order chi connectivity index (χ0) is 20.0. The molecule has 3 aromatic rings. The molecule has 1 aliphatic rings. The van der Waals surface area contributed by atoms with E-state index in [0.717, 1.165) is 23.1 Å². The summed E-state index contributed by atoms with van der Waals surface area (Å²) < 4.78 is 0. The minimum Gasteiger partial charge on any atom is -0.383 e. The van der Waals surface area contributed by atoms with Gasteiger partial charge in [0.05, 0.1) is 10.6 Å². The monoisotopic (exact) mass is 416 g/mol. The molecule has 4 N–H and O–H groups in total. The Morgan fingerprint density at radius 2 is 1.93 bits per heavy atom. The van der Waals surface area contributed by atoms with Gasteiger partial charge < -0.3 is 16.4 Å². The van der Waals surface area contributed by atoms with Gasteiger partial charge in [0.15, 0.2) is 5.16 Å². The second-order valence-corrected chi connectivity index (χ2v) is 9.82. The predicted octanol–water partition coefficient (Wildman–Crippen LogP) is 3.08. The molecule has 0 fully saturated rings. The molecule has 3 heterocycles. The van der Waals surface area contributed by atoms with Crippen LogP contribution in [-0.4, -0.2) is 39.0 Å². The van der Waals surface area contributed by atoms with Crippen LogP contribution in [0.15, 0.2) is 5.16 Å². The first kappa shape index (κ1) is 19.1. The molecule has 0 radical (unpaired) electrons. The standard InChI is InChI=1S/C18H24N8S2/c1-8-5-6-10-11(7-8)28-15-12(10)13(19)21-18(24-15)27-9(2)14-22-16(20)25-17(23-14)26(3)4/h8-9H,5-7H2,1-4H3,(H2,19,21,24)(H2,20,22,23,25). The first-order valence-electron chi connectivity index (χ1n) is 9.25. The van der Waals surface area contributed by atoms with Gasteiger partial charge in [-0.3, -0.25) is 0 Å². The van der Waals surface area contributed by atoms with Crippen LogP contribution < -0.4 is 16.4 Å². The summed E-state index contributed by atoms with van der Waals surface area (Å²) in [6.07, 6.45) is 3.36. The lowest BCUT2D eigenvalue weighted by atomic mass is 9.89. The Morgan fingerprint density at radius 3 is 2.68 bits per heavy atom. The van der Waals surface area contributed by atoms with Gasteiger partial charge in [0.1, 0.15) is 16.5 Å². The topological polar surface area (TPSA) is 120 Å². The van der Waals surface area contributed by atoms with E-state index < -0.39 is 0 Å².